The Morgan fingerprint density at radius 2 is 1.70 bits per heavy atom. The summed E-state index contributed by atoms with van der Waals surface area (Å²) >= 11 is 0. The van der Waals surface area contributed by atoms with Gasteiger partial charge in [0.1, 0.15) is 13.2 Å². The SMILES string of the molecule is C=CC(=O)OCC1(COC(=O)C=C)C2CCC(C2)C1C. The van der Waals surface area contributed by atoms with Crippen LogP contribution in [0.4, 0.5) is 0 Å². The fourth-order valence-corrected chi connectivity index (χ4v) is 3.90. The van der Waals surface area contributed by atoms with Crippen LogP contribution in [0.25, 0.3) is 0 Å². The molecule has 0 spiro atoms. The number of carbonyl (C=O) groups excluding carboxylic acids is 2. The van der Waals surface area contributed by atoms with Gasteiger partial charge in [-0.1, -0.05) is 20.1 Å². The Morgan fingerprint density at radius 3 is 2.10 bits per heavy atom. The van der Waals surface area contributed by atoms with Crippen molar-refractivity contribution >= 4 is 11.9 Å². The van der Waals surface area contributed by atoms with Crippen molar-refractivity contribution in [2.24, 2.45) is 23.2 Å². The summed E-state index contributed by atoms with van der Waals surface area (Å²) in [5, 5.41) is 0. The van der Waals surface area contributed by atoms with Crippen LogP contribution in [0.3, 0.4) is 0 Å². The first-order chi connectivity index (χ1) is 9.53. The van der Waals surface area contributed by atoms with E-state index in [1.54, 1.807) is 0 Å². The van der Waals surface area contributed by atoms with E-state index in [-0.39, 0.29) is 5.41 Å². The molecular weight excluding hydrogens is 256 g/mol. The van der Waals surface area contributed by atoms with Crippen LogP contribution < -0.4 is 0 Å². The predicted molar refractivity (Wildman–Crippen MR) is 74.7 cm³/mol. The van der Waals surface area contributed by atoms with E-state index in [1.807, 2.05) is 0 Å². The molecule has 0 amide bonds. The summed E-state index contributed by atoms with van der Waals surface area (Å²) < 4.78 is 10.6. The second-order valence-corrected chi connectivity index (χ2v) is 5.92. The van der Waals surface area contributed by atoms with Gasteiger partial charge >= 0.3 is 11.9 Å². The van der Waals surface area contributed by atoms with Crippen LogP contribution in [0.15, 0.2) is 25.3 Å². The molecule has 2 aliphatic rings. The third-order valence-electron chi connectivity index (χ3n) is 5.20. The maximum atomic E-state index is 11.4. The maximum absolute atomic E-state index is 11.4. The van der Waals surface area contributed by atoms with E-state index in [2.05, 4.69) is 20.1 Å². The highest BCUT2D eigenvalue weighted by molar-refractivity contribution is 5.81. The summed E-state index contributed by atoms with van der Waals surface area (Å²) in [5.74, 6) is 0.642. The quantitative estimate of drug-likeness (QED) is 0.553. The molecule has 3 atom stereocenters. The zero-order valence-corrected chi connectivity index (χ0v) is 12.0. The predicted octanol–water partition coefficient (Wildman–Crippen LogP) is 2.50. The molecule has 0 aromatic rings. The molecular formula is C16H22O4. The fraction of sp³-hybridized carbons (Fsp3) is 0.625. The Hall–Kier alpha value is -1.58. The fourth-order valence-electron chi connectivity index (χ4n) is 3.90. The molecule has 110 valence electrons. The summed E-state index contributed by atoms with van der Waals surface area (Å²) in [6.45, 7) is 9.59. The lowest BCUT2D eigenvalue weighted by Gasteiger charge is -2.41. The van der Waals surface area contributed by atoms with Gasteiger partial charge in [0.05, 0.1) is 0 Å². The smallest absolute Gasteiger partial charge is 0.330 e. The maximum Gasteiger partial charge on any atom is 0.330 e. The Labute approximate surface area is 119 Å². The molecule has 0 heterocycles. The van der Waals surface area contributed by atoms with Gasteiger partial charge in [-0.25, -0.2) is 9.59 Å². The average Bonchev–Trinajstić information content (AvgIpc) is 3.04. The van der Waals surface area contributed by atoms with Crippen molar-refractivity contribution in [3.63, 3.8) is 0 Å². The van der Waals surface area contributed by atoms with E-state index in [1.165, 1.54) is 18.6 Å². The summed E-state index contributed by atoms with van der Waals surface area (Å²) in [5.41, 5.74) is -0.250. The topological polar surface area (TPSA) is 52.6 Å². The molecule has 2 bridgehead atoms. The standard InChI is InChI=1S/C16H22O4/c1-4-14(17)19-9-16(10-20-15(18)5-2)11(3)12-6-7-13(16)8-12/h4-5,11-13H,1-2,6-10H2,3H3. The molecule has 2 fully saturated rings. The van der Waals surface area contributed by atoms with Crippen LogP contribution >= 0.6 is 0 Å². The third-order valence-corrected chi connectivity index (χ3v) is 5.20. The van der Waals surface area contributed by atoms with Crippen LogP contribution in [0.5, 0.6) is 0 Å². The van der Waals surface area contributed by atoms with Crippen LogP contribution in [-0.4, -0.2) is 25.2 Å². The van der Waals surface area contributed by atoms with Crippen molar-refractivity contribution in [2.45, 2.75) is 26.2 Å². The molecule has 0 aromatic carbocycles. The van der Waals surface area contributed by atoms with Gasteiger partial charge in [-0.05, 0) is 37.0 Å². The highest BCUT2D eigenvalue weighted by Crippen LogP contribution is 2.59. The highest BCUT2D eigenvalue weighted by Gasteiger charge is 2.57. The van der Waals surface area contributed by atoms with Gasteiger partial charge in [0.25, 0.3) is 0 Å². The number of hydrogen-bond acceptors (Lipinski definition) is 4. The first kappa shape index (κ1) is 14.8. The largest absolute Gasteiger partial charge is 0.462 e. The van der Waals surface area contributed by atoms with E-state index >= 15 is 0 Å². The van der Waals surface area contributed by atoms with Gasteiger partial charge in [0.2, 0.25) is 0 Å². The minimum atomic E-state index is -0.422. The number of fused-ring (bicyclic) bond motifs is 2. The van der Waals surface area contributed by atoms with Gasteiger partial charge in [-0.2, -0.15) is 0 Å². The van der Waals surface area contributed by atoms with E-state index in [4.69, 9.17) is 9.47 Å². The molecule has 3 unspecified atom stereocenters. The number of esters is 2. The summed E-state index contributed by atoms with van der Waals surface area (Å²) in [4.78, 5) is 22.7. The minimum absolute atomic E-state index is 0.250. The van der Waals surface area contributed by atoms with Crippen LogP contribution in [-0.2, 0) is 19.1 Å². The van der Waals surface area contributed by atoms with Crippen molar-refractivity contribution in [1.82, 2.24) is 0 Å². The molecule has 0 radical (unpaired) electrons. The Kier molecular flexibility index (Phi) is 4.31. The first-order valence-corrected chi connectivity index (χ1v) is 7.12. The third kappa shape index (κ3) is 2.51. The number of rotatable bonds is 6. The normalized spacial score (nSPS) is 29.8. The van der Waals surface area contributed by atoms with E-state index in [9.17, 15) is 9.59 Å². The van der Waals surface area contributed by atoms with E-state index < -0.39 is 11.9 Å². The van der Waals surface area contributed by atoms with Crippen molar-refractivity contribution in [2.75, 3.05) is 13.2 Å². The Bertz CT molecular complexity index is 398. The summed E-state index contributed by atoms with van der Waals surface area (Å²) in [7, 11) is 0. The molecule has 2 saturated carbocycles. The van der Waals surface area contributed by atoms with Gasteiger partial charge in [-0.3, -0.25) is 0 Å². The molecule has 0 saturated heterocycles. The Balaban J connectivity index is 2.11. The Morgan fingerprint density at radius 1 is 1.15 bits per heavy atom. The molecule has 0 aromatic heterocycles. The molecule has 0 aliphatic heterocycles. The van der Waals surface area contributed by atoms with Gasteiger partial charge in [-0.15, -0.1) is 0 Å². The zero-order valence-electron chi connectivity index (χ0n) is 12.0. The van der Waals surface area contributed by atoms with E-state index in [0.29, 0.717) is 31.0 Å². The second-order valence-electron chi connectivity index (χ2n) is 5.92. The van der Waals surface area contributed by atoms with Gasteiger partial charge < -0.3 is 9.47 Å². The van der Waals surface area contributed by atoms with Gasteiger partial charge in [0, 0.05) is 17.6 Å². The average molecular weight is 278 g/mol. The molecule has 20 heavy (non-hydrogen) atoms. The van der Waals surface area contributed by atoms with Crippen LogP contribution in [0, 0.1) is 23.2 Å². The first-order valence-electron chi connectivity index (χ1n) is 7.12. The van der Waals surface area contributed by atoms with Crippen molar-refractivity contribution in [3.05, 3.63) is 25.3 Å². The lowest BCUT2D eigenvalue weighted by Crippen LogP contribution is -2.44. The lowest BCUT2D eigenvalue weighted by molar-refractivity contribution is -0.154. The lowest BCUT2D eigenvalue weighted by atomic mass is 9.67. The zero-order chi connectivity index (χ0) is 14.8. The number of ether oxygens (including phenoxy) is 2. The van der Waals surface area contributed by atoms with Crippen molar-refractivity contribution < 1.29 is 19.1 Å². The molecule has 4 heteroatoms. The summed E-state index contributed by atoms with van der Waals surface area (Å²) in [6, 6.07) is 0. The molecule has 0 N–H and O–H groups in total. The summed E-state index contributed by atoms with van der Waals surface area (Å²) in [6.07, 6.45) is 5.81. The second kappa shape index (κ2) is 5.81. The molecule has 2 rings (SSSR count). The molecule has 4 nitrogen and oxygen atoms in total. The number of hydrogen-bond donors (Lipinski definition) is 0. The minimum Gasteiger partial charge on any atom is -0.462 e. The van der Waals surface area contributed by atoms with Crippen molar-refractivity contribution in [1.29, 1.82) is 0 Å². The number of carbonyl (C=O) groups is 2. The molecule has 2 aliphatic carbocycles. The van der Waals surface area contributed by atoms with Crippen LogP contribution in [0.1, 0.15) is 26.2 Å². The van der Waals surface area contributed by atoms with Crippen molar-refractivity contribution in [3.8, 4) is 0 Å². The monoisotopic (exact) mass is 278 g/mol. The van der Waals surface area contributed by atoms with Crippen LogP contribution in [0.2, 0.25) is 0 Å². The van der Waals surface area contributed by atoms with Gasteiger partial charge in [0.15, 0.2) is 0 Å². The highest BCUT2D eigenvalue weighted by atomic mass is 16.5. The van der Waals surface area contributed by atoms with E-state index in [0.717, 1.165) is 12.8 Å².